The monoisotopic (exact) mass is 439 g/mol. The number of hydrogen-bond donors (Lipinski definition) is 2. The Morgan fingerprint density at radius 3 is 2.42 bits per heavy atom. The fraction of sp³-hybridized carbons (Fsp3) is 0.320. The van der Waals surface area contributed by atoms with E-state index in [1.165, 1.54) is 0 Å². The van der Waals surface area contributed by atoms with Crippen molar-refractivity contribution in [3.63, 3.8) is 0 Å². The van der Waals surface area contributed by atoms with Crippen LogP contribution in [-0.2, 0) is 9.59 Å². The van der Waals surface area contributed by atoms with Crippen molar-refractivity contribution in [1.82, 2.24) is 0 Å². The molecule has 1 heterocycles. The maximum absolute atomic E-state index is 12.9. The molecule has 0 saturated heterocycles. The zero-order valence-corrected chi connectivity index (χ0v) is 18.3. The van der Waals surface area contributed by atoms with Gasteiger partial charge >= 0.3 is 11.9 Å². The van der Waals surface area contributed by atoms with Crippen LogP contribution in [0.25, 0.3) is 6.08 Å². The molecule has 1 aliphatic rings. The van der Waals surface area contributed by atoms with Crippen LogP contribution in [-0.4, -0.2) is 33.9 Å². The lowest BCUT2D eigenvalue weighted by atomic mass is 9.57. The molecule has 0 amide bonds. The normalized spacial score (nSPS) is 25.9. The summed E-state index contributed by atoms with van der Waals surface area (Å²) in [7, 11) is 0. The Morgan fingerprint density at radius 1 is 1.13 bits per heavy atom. The smallest absolute Gasteiger partial charge is 0.312 e. The van der Waals surface area contributed by atoms with Gasteiger partial charge in [-0.25, -0.2) is 0 Å². The first kappa shape index (κ1) is 22.8. The summed E-state index contributed by atoms with van der Waals surface area (Å²) in [5.74, 6) is -4.01. The molecule has 2 aromatic carbocycles. The second kappa shape index (κ2) is 9.48. The third-order valence-corrected chi connectivity index (χ3v) is 6.35. The van der Waals surface area contributed by atoms with E-state index < -0.39 is 35.2 Å². The first-order valence-corrected chi connectivity index (χ1v) is 10.7. The van der Waals surface area contributed by atoms with Crippen molar-refractivity contribution in [2.24, 2.45) is 16.3 Å². The summed E-state index contributed by atoms with van der Waals surface area (Å²) in [6.07, 6.45) is 4.31. The van der Waals surface area contributed by atoms with E-state index in [4.69, 9.17) is 11.6 Å². The molecule has 0 aromatic heterocycles. The van der Waals surface area contributed by atoms with Crippen molar-refractivity contribution < 1.29 is 19.8 Å². The van der Waals surface area contributed by atoms with Crippen molar-refractivity contribution in [2.45, 2.75) is 38.6 Å². The van der Waals surface area contributed by atoms with Crippen molar-refractivity contribution in [1.29, 1.82) is 0 Å². The second-order valence-corrected chi connectivity index (χ2v) is 8.34. The van der Waals surface area contributed by atoms with E-state index in [1.807, 2.05) is 49.4 Å². The zero-order valence-electron chi connectivity index (χ0n) is 17.5. The Hall–Kier alpha value is -2.92. The van der Waals surface area contributed by atoms with Gasteiger partial charge < -0.3 is 10.2 Å². The summed E-state index contributed by atoms with van der Waals surface area (Å²) in [5.41, 5.74) is 0.560. The van der Waals surface area contributed by atoms with E-state index in [0.717, 1.165) is 5.56 Å². The van der Waals surface area contributed by atoms with Crippen LogP contribution in [0.3, 0.4) is 0 Å². The summed E-state index contributed by atoms with van der Waals surface area (Å²) in [6.45, 7) is 3.56. The van der Waals surface area contributed by atoms with Gasteiger partial charge in [-0.15, -0.1) is 0 Å². The molecule has 5 nitrogen and oxygen atoms in total. The van der Waals surface area contributed by atoms with Gasteiger partial charge in [0, 0.05) is 16.7 Å². The summed E-state index contributed by atoms with van der Waals surface area (Å²) in [6, 6.07) is 15.9. The lowest BCUT2D eigenvalue weighted by Gasteiger charge is -2.47. The highest BCUT2D eigenvalue weighted by molar-refractivity contribution is 6.30. The Bertz CT molecular complexity index is 1020. The molecule has 0 aliphatic carbocycles. The predicted octanol–water partition coefficient (Wildman–Crippen LogP) is 5.55. The minimum atomic E-state index is -1.42. The molecule has 0 spiro atoms. The largest absolute Gasteiger partial charge is 0.481 e. The van der Waals surface area contributed by atoms with E-state index in [-0.39, 0.29) is 6.42 Å². The summed E-state index contributed by atoms with van der Waals surface area (Å²) in [5, 5.41) is 21.0. The number of carboxylic acid groups (broad SMARTS) is 2. The third kappa shape index (κ3) is 4.42. The van der Waals surface area contributed by atoms with Crippen LogP contribution in [0.5, 0.6) is 0 Å². The molecule has 31 heavy (non-hydrogen) atoms. The van der Waals surface area contributed by atoms with Crippen LogP contribution in [0.2, 0.25) is 5.02 Å². The molecule has 0 bridgehead atoms. The molecule has 162 valence electrons. The molecule has 0 saturated carbocycles. The van der Waals surface area contributed by atoms with Gasteiger partial charge in [0.25, 0.3) is 0 Å². The predicted molar refractivity (Wildman–Crippen MR) is 123 cm³/mol. The maximum atomic E-state index is 12.9. The standard InChI is InChI=1S/C25H26ClNO4/c1-3-20-25(24(30)31,14-8-11-17-9-5-4-6-10-17)22(18-12-7-13-19(26)15-18)21(23(28)29)16(2)27-20/h4-13,15,20-22H,3,14H2,1-2H3,(H,28,29)(H,30,31). The SMILES string of the molecule is CCC1N=C(C)C(C(=O)O)C(c2cccc(Cl)c2)C1(CC=Cc1ccccc1)C(=O)O. The summed E-state index contributed by atoms with van der Waals surface area (Å²) >= 11 is 6.22. The molecule has 2 N–H and O–H groups in total. The number of aliphatic carboxylic acids is 2. The number of aliphatic imine (C=N–C) groups is 1. The first-order chi connectivity index (χ1) is 14.8. The van der Waals surface area contributed by atoms with Gasteiger partial charge in [0.15, 0.2) is 0 Å². The summed E-state index contributed by atoms with van der Waals surface area (Å²) < 4.78 is 0. The van der Waals surface area contributed by atoms with Gasteiger partial charge in [0.05, 0.1) is 6.04 Å². The van der Waals surface area contributed by atoms with Crippen LogP contribution in [0.4, 0.5) is 0 Å². The number of benzene rings is 2. The quantitative estimate of drug-likeness (QED) is 0.591. The highest BCUT2D eigenvalue weighted by Crippen LogP contribution is 2.52. The average molecular weight is 440 g/mol. The average Bonchev–Trinajstić information content (AvgIpc) is 2.74. The van der Waals surface area contributed by atoms with Gasteiger partial charge in [0.2, 0.25) is 0 Å². The number of nitrogens with zero attached hydrogens (tertiary/aromatic N) is 1. The fourth-order valence-electron chi connectivity index (χ4n) is 4.73. The molecular formula is C25H26ClNO4. The molecule has 0 radical (unpaired) electrons. The Kier molecular flexibility index (Phi) is 6.96. The van der Waals surface area contributed by atoms with Gasteiger partial charge in [0.1, 0.15) is 11.3 Å². The molecule has 4 unspecified atom stereocenters. The third-order valence-electron chi connectivity index (χ3n) is 6.12. The van der Waals surface area contributed by atoms with Gasteiger partial charge in [-0.2, -0.15) is 0 Å². The van der Waals surface area contributed by atoms with Gasteiger partial charge in [-0.1, -0.05) is 73.1 Å². The lowest BCUT2D eigenvalue weighted by Crippen LogP contribution is -2.54. The molecular weight excluding hydrogens is 414 g/mol. The Labute approximate surface area is 187 Å². The highest BCUT2D eigenvalue weighted by Gasteiger charge is 2.58. The maximum Gasteiger partial charge on any atom is 0.312 e. The van der Waals surface area contributed by atoms with Crippen molar-refractivity contribution in [3.05, 3.63) is 76.8 Å². The molecule has 4 atom stereocenters. The highest BCUT2D eigenvalue weighted by atomic mass is 35.5. The number of allylic oxidation sites excluding steroid dienone is 1. The molecule has 3 rings (SSSR count). The number of halogens is 1. The van der Waals surface area contributed by atoms with E-state index in [1.54, 1.807) is 31.2 Å². The second-order valence-electron chi connectivity index (χ2n) is 7.91. The van der Waals surface area contributed by atoms with E-state index in [2.05, 4.69) is 4.99 Å². The number of hydrogen-bond acceptors (Lipinski definition) is 3. The van der Waals surface area contributed by atoms with Gasteiger partial charge in [-0.3, -0.25) is 14.6 Å². The van der Waals surface area contributed by atoms with Crippen molar-refractivity contribution >= 4 is 35.3 Å². The van der Waals surface area contributed by atoms with Crippen molar-refractivity contribution in [2.75, 3.05) is 0 Å². The molecule has 0 fully saturated rings. The van der Waals surface area contributed by atoms with Gasteiger partial charge in [-0.05, 0) is 43.0 Å². The van der Waals surface area contributed by atoms with E-state index in [0.29, 0.717) is 22.7 Å². The van der Waals surface area contributed by atoms with E-state index in [9.17, 15) is 19.8 Å². The van der Waals surface area contributed by atoms with E-state index >= 15 is 0 Å². The van der Waals surface area contributed by atoms with Crippen LogP contribution < -0.4 is 0 Å². The van der Waals surface area contributed by atoms with Crippen LogP contribution in [0, 0.1) is 11.3 Å². The number of rotatable bonds is 7. The van der Waals surface area contributed by atoms with Crippen LogP contribution in [0.1, 0.15) is 43.7 Å². The summed E-state index contributed by atoms with van der Waals surface area (Å²) in [4.78, 5) is 29.8. The zero-order chi connectivity index (χ0) is 22.6. The number of carboxylic acids is 2. The Balaban J connectivity index is 2.20. The Morgan fingerprint density at radius 2 is 1.84 bits per heavy atom. The minimum absolute atomic E-state index is 0.146. The first-order valence-electron chi connectivity index (χ1n) is 10.3. The van der Waals surface area contributed by atoms with Crippen LogP contribution in [0.15, 0.2) is 65.7 Å². The fourth-order valence-corrected chi connectivity index (χ4v) is 4.93. The van der Waals surface area contributed by atoms with Crippen molar-refractivity contribution in [3.8, 4) is 0 Å². The lowest BCUT2D eigenvalue weighted by molar-refractivity contribution is -0.155. The van der Waals surface area contributed by atoms with Crippen LogP contribution >= 0.6 is 11.6 Å². The minimum Gasteiger partial charge on any atom is -0.481 e. The topological polar surface area (TPSA) is 87.0 Å². The molecule has 1 aliphatic heterocycles. The number of carbonyl (C=O) groups is 2. The molecule has 6 heteroatoms. The molecule has 2 aromatic rings.